The van der Waals surface area contributed by atoms with Crippen LogP contribution in [0.1, 0.15) is 63.4 Å². The molecular formula is C14H24O2. The Hall–Kier alpha value is -0.760. The maximum atomic E-state index is 10.1. The van der Waals surface area contributed by atoms with Crippen LogP contribution in [0.4, 0.5) is 0 Å². The van der Waals surface area contributed by atoms with Crippen molar-refractivity contribution < 1.29 is 9.52 Å². The van der Waals surface area contributed by atoms with E-state index in [4.69, 9.17) is 4.42 Å². The summed E-state index contributed by atoms with van der Waals surface area (Å²) < 4.78 is 5.33. The van der Waals surface area contributed by atoms with Crippen LogP contribution in [-0.4, -0.2) is 5.11 Å². The van der Waals surface area contributed by atoms with E-state index in [9.17, 15) is 5.11 Å². The highest BCUT2D eigenvalue weighted by molar-refractivity contribution is 5.16. The molecule has 1 aromatic heterocycles. The molecule has 2 heteroatoms. The Kier molecular flexibility index (Phi) is 5.61. The second-order valence-electron chi connectivity index (χ2n) is 4.64. The van der Waals surface area contributed by atoms with Crippen molar-refractivity contribution in [2.45, 2.75) is 59.0 Å². The Morgan fingerprint density at radius 2 is 2.12 bits per heavy atom. The second kappa shape index (κ2) is 6.74. The molecule has 1 rings (SSSR count). The van der Waals surface area contributed by atoms with Crippen molar-refractivity contribution in [3.8, 4) is 0 Å². The molecule has 2 atom stereocenters. The number of furan rings is 1. The molecular weight excluding hydrogens is 200 g/mol. The Morgan fingerprint density at radius 1 is 1.38 bits per heavy atom. The highest BCUT2D eigenvalue weighted by atomic mass is 16.4. The molecule has 0 aliphatic carbocycles. The molecule has 0 aliphatic heterocycles. The van der Waals surface area contributed by atoms with Crippen LogP contribution in [0.2, 0.25) is 0 Å². The molecule has 16 heavy (non-hydrogen) atoms. The zero-order valence-electron chi connectivity index (χ0n) is 10.7. The standard InChI is InChI=1S/C14H24O2/c1-4-6-7-12(5-2)10-13(15)14-11(3)8-9-16-14/h8-9,12-13,15H,4-7,10H2,1-3H3. The van der Waals surface area contributed by atoms with Crippen LogP contribution in [0, 0.1) is 12.8 Å². The summed E-state index contributed by atoms with van der Waals surface area (Å²) in [5.74, 6) is 1.36. The van der Waals surface area contributed by atoms with Crippen LogP contribution in [-0.2, 0) is 0 Å². The minimum Gasteiger partial charge on any atom is -0.466 e. The van der Waals surface area contributed by atoms with E-state index in [0.29, 0.717) is 5.92 Å². The van der Waals surface area contributed by atoms with Gasteiger partial charge < -0.3 is 9.52 Å². The van der Waals surface area contributed by atoms with Gasteiger partial charge in [0.2, 0.25) is 0 Å². The van der Waals surface area contributed by atoms with Crippen molar-refractivity contribution in [3.63, 3.8) is 0 Å². The van der Waals surface area contributed by atoms with Crippen LogP contribution in [0.3, 0.4) is 0 Å². The quantitative estimate of drug-likeness (QED) is 0.752. The molecule has 0 spiro atoms. The van der Waals surface area contributed by atoms with Crippen LogP contribution >= 0.6 is 0 Å². The predicted octanol–water partition coefficient (Wildman–Crippen LogP) is 4.23. The molecule has 2 unspecified atom stereocenters. The smallest absolute Gasteiger partial charge is 0.135 e. The van der Waals surface area contributed by atoms with Crippen LogP contribution in [0.5, 0.6) is 0 Å². The highest BCUT2D eigenvalue weighted by Crippen LogP contribution is 2.28. The summed E-state index contributed by atoms with van der Waals surface area (Å²) in [6, 6.07) is 1.91. The normalized spacial score (nSPS) is 15.0. The minimum absolute atomic E-state index is 0.434. The van der Waals surface area contributed by atoms with E-state index in [1.807, 2.05) is 13.0 Å². The Labute approximate surface area is 98.7 Å². The van der Waals surface area contributed by atoms with Gasteiger partial charge in [0.25, 0.3) is 0 Å². The first kappa shape index (κ1) is 13.3. The first-order chi connectivity index (χ1) is 7.69. The van der Waals surface area contributed by atoms with Gasteiger partial charge in [-0.3, -0.25) is 0 Å². The molecule has 2 nitrogen and oxygen atoms in total. The monoisotopic (exact) mass is 224 g/mol. The van der Waals surface area contributed by atoms with Gasteiger partial charge in [-0.15, -0.1) is 0 Å². The summed E-state index contributed by atoms with van der Waals surface area (Å²) in [4.78, 5) is 0. The summed E-state index contributed by atoms with van der Waals surface area (Å²) >= 11 is 0. The third-order valence-corrected chi connectivity index (χ3v) is 3.30. The number of hydrogen-bond acceptors (Lipinski definition) is 2. The molecule has 1 aromatic rings. The van der Waals surface area contributed by atoms with Crippen molar-refractivity contribution in [3.05, 3.63) is 23.7 Å². The van der Waals surface area contributed by atoms with E-state index in [1.54, 1.807) is 6.26 Å². The lowest BCUT2D eigenvalue weighted by molar-refractivity contribution is 0.115. The summed E-state index contributed by atoms with van der Waals surface area (Å²) in [7, 11) is 0. The molecule has 0 saturated carbocycles. The average molecular weight is 224 g/mol. The fourth-order valence-electron chi connectivity index (χ4n) is 2.13. The maximum absolute atomic E-state index is 10.1. The summed E-state index contributed by atoms with van der Waals surface area (Å²) in [6.07, 6.45) is 6.87. The number of aliphatic hydroxyl groups is 1. The van der Waals surface area contributed by atoms with Gasteiger partial charge in [0, 0.05) is 0 Å². The Bertz CT molecular complexity index is 291. The molecule has 0 aromatic carbocycles. The van der Waals surface area contributed by atoms with E-state index in [0.717, 1.165) is 24.2 Å². The zero-order valence-corrected chi connectivity index (χ0v) is 10.7. The molecule has 0 aliphatic rings. The number of aliphatic hydroxyl groups excluding tert-OH is 1. The lowest BCUT2D eigenvalue weighted by Crippen LogP contribution is -2.07. The van der Waals surface area contributed by atoms with Gasteiger partial charge >= 0.3 is 0 Å². The largest absolute Gasteiger partial charge is 0.466 e. The highest BCUT2D eigenvalue weighted by Gasteiger charge is 2.18. The van der Waals surface area contributed by atoms with E-state index in [2.05, 4.69) is 13.8 Å². The fourth-order valence-corrected chi connectivity index (χ4v) is 2.13. The Morgan fingerprint density at radius 3 is 2.62 bits per heavy atom. The van der Waals surface area contributed by atoms with Crippen LogP contribution < -0.4 is 0 Å². The topological polar surface area (TPSA) is 33.4 Å². The van der Waals surface area contributed by atoms with E-state index in [1.165, 1.54) is 19.3 Å². The minimum atomic E-state index is -0.434. The lowest BCUT2D eigenvalue weighted by Gasteiger charge is -2.17. The summed E-state index contributed by atoms with van der Waals surface area (Å²) in [5, 5.41) is 10.1. The van der Waals surface area contributed by atoms with Gasteiger partial charge in [-0.25, -0.2) is 0 Å². The van der Waals surface area contributed by atoms with Gasteiger partial charge in [0.05, 0.1) is 6.26 Å². The predicted molar refractivity (Wildman–Crippen MR) is 66.3 cm³/mol. The lowest BCUT2D eigenvalue weighted by atomic mass is 9.92. The van der Waals surface area contributed by atoms with E-state index < -0.39 is 6.10 Å². The molecule has 0 radical (unpaired) electrons. The van der Waals surface area contributed by atoms with Crippen molar-refractivity contribution in [1.82, 2.24) is 0 Å². The molecule has 0 amide bonds. The molecule has 92 valence electrons. The fraction of sp³-hybridized carbons (Fsp3) is 0.714. The zero-order chi connectivity index (χ0) is 12.0. The molecule has 0 bridgehead atoms. The van der Waals surface area contributed by atoms with Crippen molar-refractivity contribution in [1.29, 1.82) is 0 Å². The maximum Gasteiger partial charge on any atom is 0.135 e. The van der Waals surface area contributed by atoms with Gasteiger partial charge in [0.1, 0.15) is 11.9 Å². The number of aryl methyl sites for hydroxylation is 1. The first-order valence-electron chi connectivity index (χ1n) is 6.41. The summed E-state index contributed by atoms with van der Waals surface area (Å²) in [6.45, 7) is 6.39. The van der Waals surface area contributed by atoms with Gasteiger partial charge in [-0.2, -0.15) is 0 Å². The van der Waals surface area contributed by atoms with E-state index in [-0.39, 0.29) is 0 Å². The second-order valence-corrected chi connectivity index (χ2v) is 4.64. The van der Waals surface area contributed by atoms with Gasteiger partial charge in [0.15, 0.2) is 0 Å². The van der Waals surface area contributed by atoms with Crippen molar-refractivity contribution in [2.75, 3.05) is 0 Å². The third-order valence-electron chi connectivity index (χ3n) is 3.30. The SMILES string of the molecule is CCCCC(CC)CC(O)c1occc1C. The van der Waals surface area contributed by atoms with Crippen LogP contribution in [0.15, 0.2) is 16.7 Å². The summed E-state index contributed by atoms with van der Waals surface area (Å²) in [5.41, 5.74) is 1.05. The van der Waals surface area contributed by atoms with Crippen molar-refractivity contribution in [2.24, 2.45) is 5.92 Å². The van der Waals surface area contributed by atoms with E-state index >= 15 is 0 Å². The molecule has 0 fully saturated rings. The number of unbranched alkanes of at least 4 members (excludes halogenated alkanes) is 1. The van der Waals surface area contributed by atoms with Gasteiger partial charge in [-0.05, 0) is 30.9 Å². The van der Waals surface area contributed by atoms with Crippen LogP contribution in [0.25, 0.3) is 0 Å². The van der Waals surface area contributed by atoms with Gasteiger partial charge in [-0.1, -0.05) is 39.5 Å². The molecule has 1 N–H and O–H groups in total. The number of hydrogen-bond donors (Lipinski definition) is 1. The van der Waals surface area contributed by atoms with Crippen molar-refractivity contribution >= 4 is 0 Å². The molecule has 1 heterocycles. The number of rotatable bonds is 7. The first-order valence-corrected chi connectivity index (χ1v) is 6.41. The third kappa shape index (κ3) is 3.67. The average Bonchev–Trinajstić information content (AvgIpc) is 2.70. The Balaban J connectivity index is 2.48. The molecule has 0 saturated heterocycles.